The molecule has 5 nitrogen and oxygen atoms in total. The fourth-order valence-corrected chi connectivity index (χ4v) is 2.62. The lowest BCUT2D eigenvalue weighted by Gasteiger charge is -2.24. The SMILES string of the molecule is CN1CCc2c(N)nn(C3CCOC3)c2C1. The molecule has 3 rings (SSSR count). The average Bonchev–Trinajstić information content (AvgIpc) is 2.86. The van der Waals surface area contributed by atoms with Gasteiger partial charge in [0, 0.05) is 25.3 Å². The average molecular weight is 222 g/mol. The first-order valence-electron chi connectivity index (χ1n) is 5.87. The largest absolute Gasteiger partial charge is 0.382 e. The smallest absolute Gasteiger partial charge is 0.149 e. The molecule has 1 saturated heterocycles. The number of hydrogen-bond donors (Lipinski definition) is 1. The lowest BCUT2D eigenvalue weighted by molar-refractivity contribution is 0.182. The van der Waals surface area contributed by atoms with Crippen LogP contribution < -0.4 is 5.73 Å². The van der Waals surface area contributed by atoms with Gasteiger partial charge in [-0.3, -0.25) is 4.68 Å². The third kappa shape index (κ3) is 1.51. The maximum absolute atomic E-state index is 5.98. The predicted octanol–water partition coefficient (Wildman–Crippen LogP) is 0.415. The molecular formula is C11H18N4O. The Morgan fingerprint density at radius 2 is 2.38 bits per heavy atom. The van der Waals surface area contributed by atoms with Crippen LogP contribution in [0.15, 0.2) is 0 Å². The highest BCUT2D eigenvalue weighted by atomic mass is 16.5. The summed E-state index contributed by atoms with van der Waals surface area (Å²) in [6, 6.07) is 0.387. The molecule has 1 atom stereocenters. The number of hydrogen-bond acceptors (Lipinski definition) is 4. The van der Waals surface area contributed by atoms with Crippen LogP contribution in [0.25, 0.3) is 0 Å². The summed E-state index contributed by atoms with van der Waals surface area (Å²) in [6.07, 6.45) is 2.07. The van der Waals surface area contributed by atoms with Gasteiger partial charge in [0.05, 0.1) is 18.3 Å². The molecule has 0 aromatic carbocycles. The highest BCUT2D eigenvalue weighted by Crippen LogP contribution is 2.28. The molecular weight excluding hydrogens is 204 g/mol. The predicted molar refractivity (Wildman–Crippen MR) is 61.2 cm³/mol. The minimum atomic E-state index is 0.387. The summed E-state index contributed by atoms with van der Waals surface area (Å²) in [6.45, 7) is 3.65. The summed E-state index contributed by atoms with van der Waals surface area (Å²) in [5.74, 6) is 0.718. The first-order valence-corrected chi connectivity index (χ1v) is 5.87. The van der Waals surface area contributed by atoms with Gasteiger partial charge in [-0.2, -0.15) is 5.10 Å². The monoisotopic (exact) mass is 222 g/mol. The van der Waals surface area contributed by atoms with Crippen molar-refractivity contribution in [3.8, 4) is 0 Å². The molecule has 16 heavy (non-hydrogen) atoms. The molecule has 2 N–H and O–H groups in total. The van der Waals surface area contributed by atoms with Crippen LogP contribution in [0.5, 0.6) is 0 Å². The van der Waals surface area contributed by atoms with E-state index >= 15 is 0 Å². The van der Waals surface area contributed by atoms with Crippen LogP contribution in [0.3, 0.4) is 0 Å². The molecule has 1 aromatic heterocycles. The number of nitrogen functional groups attached to an aromatic ring is 1. The van der Waals surface area contributed by atoms with Gasteiger partial charge in [0.15, 0.2) is 0 Å². The Hall–Kier alpha value is -1.07. The van der Waals surface area contributed by atoms with Crippen molar-refractivity contribution in [3.63, 3.8) is 0 Å². The van der Waals surface area contributed by atoms with Crippen molar-refractivity contribution >= 4 is 5.82 Å². The zero-order valence-electron chi connectivity index (χ0n) is 9.65. The molecule has 0 saturated carbocycles. The van der Waals surface area contributed by atoms with Gasteiger partial charge in [-0.25, -0.2) is 0 Å². The summed E-state index contributed by atoms with van der Waals surface area (Å²) >= 11 is 0. The zero-order chi connectivity index (χ0) is 11.1. The highest BCUT2D eigenvalue weighted by Gasteiger charge is 2.27. The standard InChI is InChI=1S/C11H18N4O/c1-14-4-2-9-10(6-14)15(13-11(9)12)8-3-5-16-7-8/h8H,2-7H2,1H3,(H2,12,13). The van der Waals surface area contributed by atoms with Crippen molar-refractivity contribution in [2.75, 3.05) is 32.5 Å². The highest BCUT2D eigenvalue weighted by molar-refractivity contribution is 5.44. The minimum Gasteiger partial charge on any atom is -0.382 e. The normalized spacial score (nSPS) is 25.9. The quantitative estimate of drug-likeness (QED) is 0.748. The summed E-state index contributed by atoms with van der Waals surface area (Å²) in [5.41, 5.74) is 8.53. The number of anilines is 1. The van der Waals surface area contributed by atoms with Gasteiger partial charge in [-0.1, -0.05) is 0 Å². The van der Waals surface area contributed by atoms with E-state index in [2.05, 4.69) is 21.7 Å². The second-order valence-electron chi connectivity index (χ2n) is 4.76. The van der Waals surface area contributed by atoms with Gasteiger partial charge >= 0.3 is 0 Å². The molecule has 2 aliphatic heterocycles. The van der Waals surface area contributed by atoms with Crippen molar-refractivity contribution in [3.05, 3.63) is 11.3 Å². The third-order valence-corrected chi connectivity index (χ3v) is 3.56. The van der Waals surface area contributed by atoms with Crippen LogP contribution in [0.4, 0.5) is 5.82 Å². The number of ether oxygens (including phenoxy) is 1. The number of rotatable bonds is 1. The number of nitrogens with zero attached hydrogens (tertiary/aromatic N) is 3. The van der Waals surface area contributed by atoms with E-state index in [0.29, 0.717) is 6.04 Å². The van der Waals surface area contributed by atoms with Crippen LogP contribution in [-0.2, 0) is 17.7 Å². The van der Waals surface area contributed by atoms with Crippen LogP contribution in [0.1, 0.15) is 23.7 Å². The molecule has 1 fully saturated rings. The minimum absolute atomic E-state index is 0.387. The van der Waals surface area contributed by atoms with Crippen LogP contribution in [0.2, 0.25) is 0 Å². The molecule has 88 valence electrons. The van der Waals surface area contributed by atoms with Gasteiger partial charge in [-0.05, 0) is 19.9 Å². The molecule has 0 radical (unpaired) electrons. The summed E-state index contributed by atoms with van der Waals surface area (Å²) in [7, 11) is 2.14. The van der Waals surface area contributed by atoms with Gasteiger partial charge in [0.2, 0.25) is 0 Å². The van der Waals surface area contributed by atoms with Crippen LogP contribution in [0, 0.1) is 0 Å². The number of likely N-dealkylation sites (N-methyl/N-ethyl adjacent to an activating group) is 1. The first-order chi connectivity index (χ1) is 7.75. The zero-order valence-corrected chi connectivity index (χ0v) is 9.65. The Bertz CT molecular complexity index is 395. The lowest BCUT2D eigenvalue weighted by atomic mass is 10.1. The fraction of sp³-hybridized carbons (Fsp3) is 0.727. The van der Waals surface area contributed by atoms with E-state index in [9.17, 15) is 0 Å². The maximum atomic E-state index is 5.98. The topological polar surface area (TPSA) is 56.3 Å². The van der Waals surface area contributed by atoms with Gasteiger partial charge in [0.1, 0.15) is 5.82 Å². The van der Waals surface area contributed by atoms with Crippen LogP contribution >= 0.6 is 0 Å². The first kappa shape index (κ1) is 10.1. The summed E-state index contributed by atoms with van der Waals surface area (Å²) in [4.78, 5) is 2.32. The Morgan fingerprint density at radius 1 is 1.50 bits per heavy atom. The lowest BCUT2D eigenvalue weighted by Crippen LogP contribution is -2.29. The summed E-state index contributed by atoms with van der Waals surface area (Å²) < 4.78 is 7.53. The van der Waals surface area contributed by atoms with E-state index in [1.165, 1.54) is 11.3 Å². The number of nitrogens with two attached hydrogens (primary N) is 1. The Morgan fingerprint density at radius 3 is 3.12 bits per heavy atom. The van der Waals surface area contributed by atoms with Crippen molar-refractivity contribution < 1.29 is 4.74 Å². The van der Waals surface area contributed by atoms with E-state index in [1.807, 2.05) is 0 Å². The summed E-state index contributed by atoms with van der Waals surface area (Å²) in [5, 5.41) is 4.50. The Labute approximate surface area is 95.2 Å². The van der Waals surface area contributed by atoms with E-state index in [0.717, 1.165) is 45.0 Å². The number of fused-ring (bicyclic) bond motifs is 1. The molecule has 0 amide bonds. The molecule has 0 bridgehead atoms. The molecule has 1 unspecified atom stereocenters. The maximum Gasteiger partial charge on any atom is 0.149 e. The van der Waals surface area contributed by atoms with Crippen molar-refractivity contribution in [2.24, 2.45) is 0 Å². The Balaban J connectivity index is 1.98. The molecule has 0 spiro atoms. The number of aromatic nitrogens is 2. The molecule has 2 aliphatic rings. The fourth-order valence-electron chi connectivity index (χ4n) is 2.62. The molecule has 1 aromatic rings. The third-order valence-electron chi connectivity index (χ3n) is 3.56. The molecule has 5 heteroatoms. The van der Waals surface area contributed by atoms with Crippen LogP contribution in [-0.4, -0.2) is 41.5 Å². The van der Waals surface area contributed by atoms with Gasteiger partial charge in [-0.15, -0.1) is 0 Å². The molecule has 0 aliphatic carbocycles. The van der Waals surface area contributed by atoms with Gasteiger partial charge < -0.3 is 15.4 Å². The van der Waals surface area contributed by atoms with Gasteiger partial charge in [0.25, 0.3) is 0 Å². The van der Waals surface area contributed by atoms with E-state index in [1.54, 1.807) is 0 Å². The van der Waals surface area contributed by atoms with Crippen molar-refractivity contribution in [1.29, 1.82) is 0 Å². The van der Waals surface area contributed by atoms with E-state index in [4.69, 9.17) is 10.5 Å². The van der Waals surface area contributed by atoms with Crippen molar-refractivity contribution in [2.45, 2.75) is 25.4 Å². The van der Waals surface area contributed by atoms with E-state index < -0.39 is 0 Å². The van der Waals surface area contributed by atoms with E-state index in [-0.39, 0.29) is 0 Å². The second-order valence-corrected chi connectivity index (χ2v) is 4.76. The molecule has 3 heterocycles. The van der Waals surface area contributed by atoms with Crippen molar-refractivity contribution in [1.82, 2.24) is 14.7 Å². The second kappa shape index (κ2) is 3.75. The Kier molecular flexibility index (Phi) is 2.37.